The Hall–Kier alpha value is -2.04. The predicted octanol–water partition coefficient (Wildman–Crippen LogP) is 2.25. The van der Waals surface area contributed by atoms with Crippen LogP contribution in [0.15, 0.2) is 34.8 Å². The van der Waals surface area contributed by atoms with E-state index in [0.29, 0.717) is 11.5 Å². The average Bonchev–Trinajstić information content (AvgIpc) is 2.48. The second kappa shape index (κ2) is 6.78. The van der Waals surface area contributed by atoms with Crippen LogP contribution in [0, 0.1) is 0 Å². The van der Waals surface area contributed by atoms with E-state index in [2.05, 4.69) is 0 Å². The van der Waals surface area contributed by atoms with E-state index < -0.39 is 11.9 Å². The van der Waals surface area contributed by atoms with Crippen molar-refractivity contribution in [3.05, 3.63) is 34.8 Å². The largest absolute Gasteiger partial charge is 0.467 e. The molecule has 0 atom stereocenters. The summed E-state index contributed by atoms with van der Waals surface area (Å²) in [6.45, 7) is 7.26. The normalized spacial score (nSPS) is 14.9. The van der Waals surface area contributed by atoms with Gasteiger partial charge in [0.15, 0.2) is 0 Å². The van der Waals surface area contributed by atoms with Crippen molar-refractivity contribution >= 4 is 11.9 Å². The molecular weight excluding hydrogens is 248 g/mol. The van der Waals surface area contributed by atoms with Crippen molar-refractivity contribution < 1.29 is 23.8 Å². The van der Waals surface area contributed by atoms with Gasteiger partial charge in [0.05, 0.1) is 24.4 Å². The van der Waals surface area contributed by atoms with Crippen LogP contribution in [0.4, 0.5) is 0 Å². The van der Waals surface area contributed by atoms with E-state index in [1.165, 1.54) is 12.2 Å². The van der Waals surface area contributed by atoms with E-state index in [-0.39, 0.29) is 24.4 Å². The SMILES string of the molecule is CCOC(=O)C1=C(C(=O)OCC)C=C(C)OC(C)=C1. The number of ether oxygens (including phenoxy) is 3. The topological polar surface area (TPSA) is 61.8 Å². The lowest BCUT2D eigenvalue weighted by Gasteiger charge is -2.07. The number of carbonyl (C=O) groups is 2. The predicted molar refractivity (Wildman–Crippen MR) is 68.9 cm³/mol. The molecule has 1 heterocycles. The molecule has 0 aliphatic carbocycles. The first kappa shape index (κ1) is 15.0. The van der Waals surface area contributed by atoms with Crippen LogP contribution in [-0.2, 0) is 23.8 Å². The number of rotatable bonds is 4. The quantitative estimate of drug-likeness (QED) is 0.730. The third kappa shape index (κ3) is 3.98. The van der Waals surface area contributed by atoms with E-state index >= 15 is 0 Å². The van der Waals surface area contributed by atoms with Crippen molar-refractivity contribution in [1.82, 2.24) is 0 Å². The van der Waals surface area contributed by atoms with Crippen molar-refractivity contribution in [3.63, 3.8) is 0 Å². The monoisotopic (exact) mass is 266 g/mol. The van der Waals surface area contributed by atoms with Gasteiger partial charge < -0.3 is 14.2 Å². The minimum atomic E-state index is -0.570. The fourth-order valence-electron chi connectivity index (χ4n) is 1.63. The van der Waals surface area contributed by atoms with Gasteiger partial charge in [-0.15, -0.1) is 0 Å². The maximum absolute atomic E-state index is 11.9. The van der Waals surface area contributed by atoms with Gasteiger partial charge in [-0.25, -0.2) is 9.59 Å². The summed E-state index contributed by atoms with van der Waals surface area (Å²) in [6.07, 6.45) is 2.97. The first-order valence-electron chi connectivity index (χ1n) is 6.12. The van der Waals surface area contributed by atoms with E-state index in [1.54, 1.807) is 27.7 Å². The van der Waals surface area contributed by atoms with Crippen LogP contribution < -0.4 is 0 Å². The summed E-state index contributed by atoms with van der Waals surface area (Å²) < 4.78 is 15.3. The molecule has 0 unspecified atom stereocenters. The Bertz CT molecular complexity index is 426. The molecule has 0 N–H and O–H groups in total. The number of allylic oxidation sites excluding steroid dienone is 2. The third-order valence-electron chi connectivity index (χ3n) is 2.30. The molecule has 0 saturated carbocycles. The van der Waals surface area contributed by atoms with Crippen molar-refractivity contribution in [3.8, 4) is 0 Å². The highest BCUT2D eigenvalue weighted by Crippen LogP contribution is 2.22. The highest BCUT2D eigenvalue weighted by molar-refractivity contribution is 6.04. The first-order chi connectivity index (χ1) is 8.99. The van der Waals surface area contributed by atoms with Crippen LogP contribution in [0.3, 0.4) is 0 Å². The Kier molecular flexibility index (Phi) is 5.36. The maximum Gasteiger partial charge on any atom is 0.339 e. The lowest BCUT2D eigenvalue weighted by molar-refractivity contribution is -0.141. The summed E-state index contributed by atoms with van der Waals surface area (Å²) in [7, 11) is 0. The Morgan fingerprint density at radius 1 is 0.947 bits per heavy atom. The zero-order valence-electron chi connectivity index (χ0n) is 11.6. The van der Waals surface area contributed by atoms with Crippen LogP contribution in [-0.4, -0.2) is 25.2 Å². The van der Waals surface area contributed by atoms with Gasteiger partial charge in [0.2, 0.25) is 0 Å². The van der Waals surface area contributed by atoms with Crippen LogP contribution in [0.1, 0.15) is 27.7 Å². The Balaban J connectivity index is 3.29. The van der Waals surface area contributed by atoms with Gasteiger partial charge >= 0.3 is 11.9 Å². The van der Waals surface area contributed by atoms with Crippen LogP contribution in [0.5, 0.6) is 0 Å². The molecule has 0 radical (unpaired) electrons. The zero-order chi connectivity index (χ0) is 14.4. The van der Waals surface area contributed by atoms with Crippen molar-refractivity contribution in [2.75, 3.05) is 13.2 Å². The summed E-state index contributed by atoms with van der Waals surface area (Å²) in [5.41, 5.74) is 0.296. The van der Waals surface area contributed by atoms with Crippen molar-refractivity contribution in [2.45, 2.75) is 27.7 Å². The molecule has 104 valence electrons. The summed E-state index contributed by atoms with van der Waals surface area (Å²) in [5.74, 6) is -0.119. The zero-order valence-corrected chi connectivity index (χ0v) is 11.6. The standard InChI is InChI=1S/C14H18O5/c1-5-17-13(15)11-7-9(3)19-10(4)8-12(11)14(16)18-6-2/h7-8H,5-6H2,1-4H3. The molecule has 1 rings (SSSR count). The minimum Gasteiger partial charge on any atom is -0.467 e. The second-order valence-electron chi connectivity index (χ2n) is 3.88. The van der Waals surface area contributed by atoms with Gasteiger partial charge in [-0.3, -0.25) is 0 Å². The molecule has 19 heavy (non-hydrogen) atoms. The lowest BCUT2D eigenvalue weighted by Crippen LogP contribution is -2.14. The Morgan fingerprint density at radius 2 is 1.32 bits per heavy atom. The molecule has 0 amide bonds. The molecule has 0 fully saturated rings. The van der Waals surface area contributed by atoms with Crippen molar-refractivity contribution in [2.24, 2.45) is 0 Å². The molecule has 0 aromatic carbocycles. The summed E-state index contributed by atoms with van der Waals surface area (Å²) in [4.78, 5) is 23.8. The van der Waals surface area contributed by atoms with Gasteiger partial charge in [-0.05, 0) is 39.8 Å². The summed E-state index contributed by atoms with van der Waals surface area (Å²) >= 11 is 0. The molecule has 1 aliphatic heterocycles. The smallest absolute Gasteiger partial charge is 0.339 e. The molecule has 0 aromatic heterocycles. The van der Waals surface area contributed by atoms with E-state index in [1.807, 2.05) is 0 Å². The molecule has 5 nitrogen and oxygen atoms in total. The Morgan fingerprint density at radius 3 is 1.63 bits per heavy atom. The van der Waals surface area contributed by atoms with Gasteiger partial charge in [0.1, 0.15) is 11.5 Å². The third-order valence-corrected chi connectivity index (χ3v) is 2.30. The van der Waals surface area contributed by atoms with Gasteiger partial charge in [0, 0.05) is 0 Å². The summed E-state index contributed by atoms with van der Waals surface area (Å²) in [6, 6.07) is 0. The van der Waals surface area contributed by atoms with E-state index in [9.17, 15) is 9.59 Å². The maximum atomic E-state index is 11.9. The number of hydrogen-bond donors (Lipinski definition) is 0. The Labute approximate surface area is 112 Å². The fourth-order valence-corrected chi connectivity index (χ4v) is 1.63. The molecule has 1 aliphatic rings. The van der Waals surface area contributed by atoms with Gasteiger partial charge in [0.25, 0.3) is 0 Å². The van der Waals surface area contributed by atoms with E-state index in [0.717, 1.165) is 0 Å². The number of carbonyl (C=O) groups excluding carboxylic acids is 2. The first-order valence-corrected chi connectivity index (χ1v) is 6.12. The van der Waals surface area contributed by atoms with Crippen LogP contribution >= 0.6 is 0 Å². The highest BCUT2D eigenvalue weighted by atomic mass is 16.5. The van der Waals surface area contributed by atoms with Gasteiger partial charge in [-0.2, -0.15) is 0 Å². The minimum absolute atomic E-state index is 0.148. The molecule has 0 saturated heterocycles. The molecule has 5 heteroatoms. The van der Waals surface area contributed by atoms with Crippen molar-refractivity contribution in [1.29, 1.82) is 0 Å². The van der Waals surface area contributed by atoms with Crippen LogP contribution in [0.2, 0.25) is 0 Å². The number of hydrogen-bond acceptors (Lipinski definition) is 5. The molecule has 0 spiro atoms. The summed E-state index contributed by atoms with van der Waals surface area (Å²) in [5, 5.41) is 0. The molecule has 0 bridgehead atoms. The lowest BCUT2D eigenvalue weighted by atomic mass is 10.1. The average molecular weight is 266 g/mol. The van der Waals surface area contributed by atoms with Crippen LogP contribution in [0.25, 0.3) is 0 Å². The van der Waals surface area contributed by atoms with Gasteiger partial charge in [-0.1, -0.05) is 0 Å². The second-order valence-corrected chi connectivity index (χ2v) is 3.88. The molecular formula is C14H18O5. The fraction of sp³-hybridized carbons (Fsp3) is 0.429. The van der Waals surface area contributed by atoms with E-state index in [4.69, 9.17) is 14.2 Å². The highest BCUT2D eigenvalue weighted by Gasteiger charge is 2.23. The molecule has 0 aromatic rings. The number of esters is 2.